The van der Waals surface area contributed by atoms with E-state index in [0.717, 1.165) is 0 Å². The van der Waals surface area contributed by atoms with Crippen LogP contribution < -0.4 is 0 Å². The van der Waals surface area contributed by atoms with E-state index >= 15 is 0 Å². The molecule has 0 bridgehead atoms. The molecule has 0 saturated heterocycles. The zero-order valence-corrected chi connectivity index (χ0v) is 10.8. The molecule has 0 amide bonds. The van der Waals surface area contributed by atoms with Crippen LogP contribution in [0.2, 0.25) is 0 Å². The lowest BCUT2D eigenvalue weighted by Gasteiger charge is -2.07. The van der Waals surface area contributed by atoms with E-state index in [4.69, 9.17) is 4.74 Å². The fraction of sp³-hybridized carbons (Fsp3) is 0.286. The van der Waals surface area contributed by atoms with E-state index in [0.29, 0.717) is 12.2 Å². The molecule has 0 fully saturated rings. The van der Waals surface area contributed by atoms with Crippen molar-refractivity contribution < 1.29 is 23.5 Å². The summed E-state index contributed by atoms with van der Waals surface area (Å²) in [5.41, 5.74) is 0.438. The van der Waals surface area contributed by atoms with E-state index in [1.165, 1.54) is 30.5 Å². The van der Waals surface area contributed by atoms with E-state index in [9.17, 15) is 14.0 Å². The summed E-state index contributed by atoms with van der Waals surface area (Å²) in [4.78, 5) is 23.4. The molecule has 0 aliphatic heterocycles. The largest absolute Gasteiger partial charge is 0.501 e. The van der Waals surface area contributed by atoms with Crippen molar-refractivity contribution in [3.63, 3.8) is 0 Å². The minimum absolute atomic E-state index is 0.0419. The number of rotatable bonds is 6. The molecule has 4 nitrogen and oxygen atoms in total. The molecule has 1 aromatic rings. The zero-order chi connectivity index (χ0) is 14.3. The van der Waals surface area contributed by atoms with E-state index in [2.05, 4.69) is 4.74 Å². The number of carbonyl (C=O) groups excluding carboxylic acids is 2. The third-order valence-electron chi connectivity index (χ3n) is 2.23. The number of hydrogen-bond acceptors (Lipinski definition) is 4. The van der Waals surface area contributed by atoms with Crippen LogP contribution in [-0.2, 0) is 19.1 Å². The van der Waals surface area contributed by atoms with Gasteiger partial charge in [0.05, 0.1) is 25.0 Å². The molecule has 0 aromatic heterocycles. The van der Waals surface area contributed by atoms with Gasteiger partial charge in [-0.1, -0.05) is 12.1 Å². The highest BCUT2D eigenvalue weighted by molar-refractivity contribution is 6.51. The first kappa shape index (κ1) is 14.9. The minimum Gasteiger partial charge on any atom is -0.501 e. The Morgan fingerprint density at radius 2 is 1.79 bits per heavy atom. The number of carbonyl (C=O) groups is 2. The minimum atomic E-state index is -0.960. The molecule has 0 aliphatic carbocycles. The predicted octanol–water partition coefficient (Wildman–Crippen LogP) is 2.34. The van der Waals surface area contributed by atoms with Gasteiger partial charge < -0.3 is 9.47 Å². The summed E-state index contributed by atoms with van der Waals surface area (Å²) >= 11 is 0. The summed E-state index contributed by atoms with van der Waals surface area (Å²) in [6.07, 6.45) is 1.19. The Hall–Kier alpha value is -2.17. The van der Waals surface area contributed by atoms with Crippen molar-refractivity contribution in [2.75, 3.05) is 13.2 Å². The van der Waals surface area contributed by atoms with Crippen LogP contribution in [0.25, 0.3) is 5.57 Å². The smallest absolute Gasteiger partial charge is 0.379 e. The van der Waals surface area contributed by atoms with E-state index in [1.807, 2.05) is 0 Å². The van der Waals surface area contributed by atoms with Crippen LogP contribution in [0.3, 0.4) is 0 Å². The summed E-state index contributed by atoms with van der Waals surface area (Å²) in [5, 5.41) is 0. The van der Waals surface area contributed by atoms with Gasteiger partial charge >= 0.3 is 5.97 Å². The Morgan fingerprint density at radius 1 is 1.16 bits per heavy atom. The lowest BCUT2D eigenvalue weighted by atomic mass is 10.0. The molecule has 102 valence electrons. The van der Waals surface area contributed by atoms with E-state index in [-0.39, 0.29) is 12.2 Å². The number of benzene rings is 1. The van der Waals surface area contributed by atoms with Crippen LogP contribution in [0.4, 0.5) is 4.39 Å². The fourth-order valence-corrected chi connectivity index (χ4v) is 1.36. The van der Waals surface area contributed by atoms with Gasteiger partial charge in [-0.05, 0) is 31.5 Å². The fourth-order valence-electron chi connectivity index (χ4n) is 1.36. The van der Waals surface area contributed by atoms with Gasteiger partial charge in [0, 0.05) is 0 Å². The summed E-state index contributed by atoms with van der Waals surface area (Å²) in [7, 11) is 0. The highest BCUT2D eigenvalue weighted by atomic mass is 19.1. The molecule has 0 heterocycles. The number of hydrogen-bond donors (Lipinski definition) is 0. The standard InChI is InChI=1S/C14H15FO4/c1-3-18-9-12(13(16)14(17)19-4-2)10-5-7-11(15)8-6-10/h5-9H,3-4H2,1-2H3/b12-9+. The first-order valence-electron chi connectivity index (χ1n) is 5.89. The van der Waals surface area contributed by atoms with Crippen molar-refractivity contribution in [1.82, 2.24) is 0 Å². The molecule has 0 spiro atoms. The van der Waals surface area contributed by atoms with Gasteiger partial charge in [-0.25, -0.2) is 9.18 Å². The lowest BCUT2D eigenvalue weighted by Crippen LogP contribution is -2.19. The molecule has 0 saturated carbocycles. The van der Waals surface area contributed by atoms with Crippen molar-refractivity contribution in [2.45, 2.75) is 13.8 Å². The quantitative estimate of drug-likeness (QED) is 0.343. The maximum absolute atomic E-state index is 12.9. The van der Waals surface area contributed by atoms with Gasteiger partial charge in [0.15, 0.2) is 0 Å². The average Bonchev–Trinajstić information content (AvgIpc) is 2.41. The van der Waals surface area contributed by atoms with Crippen molar-refractivity contribution >= 4 is 17.3 Å². The monoisotopic (exact) mass is 266 g/mol. The van der Waals surface area contributed by atoms with Gasteiger partial charge in [0.25, 0.3) is 5.78 Å². The number of ketones is 1. The summed E-state index contributed by atoms with van der Waals surface area (Å²) in [6, 6.07) is 5.20. The molecule has 19 heavy (non-hydrogen) atoms. The number of Topliss-reactive ketones (excluding diaryl/α,β-unsaturated/α-hetero) is 1. The van der Waals surface area contributed by atoms with Crippen LogP contribution in [0, 0.1) is 5.82 Å². The molecule has 0 radical (unpaired) electrons. The van der Waals surface area contributed by atoms with Crippen molar-refractivity contribution in [3.8, 4) is 0 Å². The van der Waals surface area contributed by atoms with Gasteiger partial charge in [0.1, 0.15) is 5.82 Å². The zero-order valence-electron chi connectivity index (χ0n) is 10.8. The molecular formula is C14H15FO4. The second-order valence-electron chi connectivity index (χ2n) is 3.54. The van der Waals surface area contributed by atoms with Gasteiger partial charge in [-0.3, -0.25) is 4.79 Å². The van der Waals surface area contributed by atoms with Gasteiger partial charge in [-0.2, -0.15) is 0 Å². The third kappa shape index (κ3) is 4.21. The number of ether oxygens (including phenoxy) is 2. The molecule has 1 aromatic carbocycles. The highest BCUT2D eigenvalue weighted by Crippen LogP contribution is 2.17. The average molecular weight is 266 g/mol. The van der Waals surface area contributed by atoms with Gasteiger partial charge in [0.2, 0.25) is 0 Å². The normalized spacial score (nSPS) is 11.0. The van der Waals surface area contributed by atoms with Crippen LogP contribution in [0.5, 0.6) is 0 Å². The molecule has 0 unspecified atom stereocenters. The second-order valence-corrected chi connectivity index (χ2v) is 3.54. The molecular weight excluding hydrogens is 251 g/mol. The Kier molecular flexibility index (Phi) is 5.73. The summed E-state index contributed by atoms with van der Waals surface area (Å²) < 4.78 is 22.6. The lowest BCUT2D eigenvalue weighted by molar-refractivity contribution is -0.150. The first-order chi connectivity index (χ1) is 9.10. The highest BCUT2D eigenvalue weighted by Gasteiger charge is 2.22. The van der Waals surface area contributed by atoms with Crippen LogP contribution in [0.15, 0.2) is 30.5 Å². The number of halogens is 1. The second kappa shape index (κ2) is 7.31. The molecule has 0 N–H and O–H groups in total. The molecule has 0 atom stereocenters. The van der Waals surface area contributed by atoms with Crippen molar-refractivity contribution in [1.29, 1.82) is 0 Å². The van der Waals surface area contributed by atoms with E-state index in [1.54, 1.807) is 13.8 Å². The van der Waals surface area contributed by atoms with E-state index < -0.39 is 17.6 Å². The topological polar surface area (TPSA) is 52.6 Å². The maximum Gasteiger partial charge on any atom is 0.379 e. The molecule has 0 aliphatic rings. The third-order valence-corrected chi connectivity index (χ3v) is 2.23. The van der Waals surface area contributed by atoms with Crippen molar-refractivity contribution in [2.24, 2.45) is 0 Å². The predicted molar refractivity (Wildman–Crippen MR) is 67.6 cm³/mol. The maximum atomic E-state index is 12.9. The SMILES string of the molecule is CCO/C=C(/C(=O)C(=O)OCC)c1ccc(F)cc1. The van der Waals surface area contributed by atoms with Crippen LogP contribution in [-0.4, -0.2) is 25.0 Å². The number of esters is 1. The Labute approximate surface area is 110 Å². The van der Waals surface area contributed by atoms with Gasteiger partial charge in [-0.15, -0.1) is 0 Å². The van der Waals surface area contributed by atoms with Crippen LogP contribution in [0.1, 0.15) is 19.4 Å². The Balaban J connectivity index is 3.05. The Morgan fingerprint density at radius 3 is 2.32 bits per heavy atom. The molecule has 5 heteroatoms. The van der Waals surface area contributed by atoms with Crippen molar-refractivity contribution in [3.05, 3.63) is 41.9 Å². The van der Waals surface area contributed by atoms with Crippen LogP contribution >= 0.6 is 0 Å². The Bertz CT molecular complexity index is 477. The first-order valence-corrected chi connectivity index (χ1v) is 5.89. The summed E-state index contributed by atoms with van der Waals surface area (Å²) in [5.74, 6) is -2.21. The molecule has 1 rings (SSSR count). The summed E-state index contributed by atoms with van der Waals surface area (Å²) in [6.45, 7) is 3.80.